The van der Waals surface area contributed by atoms with E-state index in [1.54, 1.807) is 30.0 Å². The number of urea groups is 1. The molecule has 0 spiro atoms. The van der Waals surface area contributed by atoms with Gasteiger partial charge in [0.15, 0.2) is 11.6 Å². The van der Waals surface area contributed by atoms with Crippen LogP contribution in [0.25, 0.3) is 0 Å². The van der Waals surface area contributed by atoms with Crippen LogP contribution in [-0.4, -0.2) is 48.0 Å². The Morgan fingerprint density at radius 3 is 2.85 bits per heavy atom. The summed E-state index contributed by atoms with van der Waals surface area (Å²) in [6.45, 7) is 3.16. The van der Waals surface area contributed by atoms with E-state index in [1.807, 2.05) is 0 Å². The van der Waals surface area contributed by atoms with Gasteiger partial charge in [-0.1, -0.05) is 12.1 Å². The number of carbonyl (C=O) groups is 3. The molecule has 1 aromatic carbocycles. The van der Waals surface area contributed by atoms with E-state index in [0.717, 1.165) is 12.8 Å². The number of benzene rings is 1. The van der Waals surface area contributed by atoms with Crippen molar-refractivity contribution in [3.8, 4) is 5.75 Å². The van der Waals surface area contributed by atoms with E-state index in [0.29, 0.717) is 19.7 Å². The van der Waals surface area contributed by atoms with Crippen molar-refractivity contribution in [1.29, 1.82) is 0 Å². The van der Waals surface area contributed by atoms with Gasteiger partial charge in [-0.3, -0.25) is 14.9 Å². The van der Waals surface area contributed by atoms with Gasteiger partial charge in [-0.15, -0.1) is 0 Å². The lowest BCUT2D eigenvalue weighted by Crippen LogP contribution is -2.46. The van der Waals surface area contributed by atoms with E-state index in [4.69, 9.17) is 4.74 Å². The number of hydrogen-bond donors (Lipinski definition) is 2. The first-order valence-corrected chi connectivity index (χ1v) is 9.16. The second kappa shape index (κ2) is 7.94. The minimum Gasteiger partial charge on any atom is -0.490 e. The molecule has 2 atom stereocenters. The Morgan fingerprint density at radius 2 is 2.15 bits per heavy atom. The smallest absolute Gasteiger partial charge is 0.322 e. The standard InChI is InChI=1S/C19H24FN3O4/c1-19(17(25)21-18(26)22-19)9-8-16(24)23-10-4-5-13(11-23)12-27-15-7-3-2-6-14(15)20/h2-3,6-7,13H,4-5,8-12H2,1H3,(H2,21,22,25,26). The van der Waals surface area contributed by atoms with Crippen molar-refractivity contribution in [2.45, 2.75) is 38.1 Å². The van der Waals surface area contributed by atoms with Gasteiger partial charge < -0.3 is 15.0 Å². The zero-order valence-corrected chi connectivity index (χ0v) is 15.3. The molecule has 4 amide bonds. The average molecular weight is 377 g/mol. The molecule has 2 N–H and O–H groups in total. The molecule has 0 saturated carbocycles. The number of piperidine rings is 1. The monoisotopic (exact) mass is 377 g/mol. The highest BCUT2D eigenvalue weighted by atomic mass is 19.1. The molecule has 3 rings (SSSR count). The second-order valence-corrected chi connectivity index (χ2v) is 7.33. The summed E-state index contributed by atoms with van der Waals surface area (Å²) < 4.78 is 19.2. The lowest BCUT2D eigenvalue weighted by Gasteiger charge is -2.33. The molecule has 2 heterocycles. The zero-order chi connectivity index (χ0) is 19.4. The van der Waals surface area contributed by atoms with E-state index in [2.05, 4.69) is 10.6 Å². The van der Waals surface area contributed by atoms with E-state index in [-0.39, 0.29) is 30.4 Å². The van der Waals surface area contributed by atoms with Crippen molar-refractivity contribution in [2.24, 2.45) is 5.92 Å². The molecule has 146 valence electrons. The Balaban J connectivity index is 1.48. The summed E-state index contributed by atoms with van der Waals surface area (Å²) in [6, 6.07) is 5.73. The molecule has 2 saturated heterocycles. The van der Waals surface area contributed by atoms with Gasteiger partial charge in [0.25, 0.3) is 5.91 Å². The minimum atomic E-state index is -1.05. The molecule has 2 fully saturated rings. The van der Waals surface area contributed by atoms with Crippen molar-refractivity contribution in [3.05, 3.63) is 30.1 Å². The van der Waals surface area contributed by atoms with Crippen LogP contribution < -0.4 is 15.4 Å². The summed E-state index contributed by atoms with van der Waals surface area (Å²) in [5.74, 6) is -0.508. The lowest BCUT2D eigenvalue weighted by atomic mass is 9.94. The van der Waals surface area contributed by atoms with E-state index in [1.165, 1.54) is 6.07 Å². The third kappa shape index (κ3) is 4.56. The lowest BCUT2D eigenvalue weighted by molar-refractivity contribution is -0.134. The van der Waals surface area contributed by atoms with Crippen LogP contribution in [0.15, 0.2) is 24.3 Å². The molecule has 2 aliphatic heterocycles. The molecule has 27 heavy (non-hydrogen) atoms. The van der Waals surface area contributed by atoms with Crippen LogP contribution in [0.2, 0.25) is 0 Å². The Bertz CT molecular complexity index is 741. The van der Waals surface area contributed by atoms with Gasteiger partial charge in [-0.25, -0.2) is 9.18 Å². The summed E-state index contributed by atoms with van der Waals surface area (Å²) in [7, 11) is 0. The largest absolute Gasteiger partial charge is 0.490 e. The topological polar surface area (TPSA) is 87.7 Å². The molecular weight excluding hydrogens is 353 g/mol. The molecule has 2 unspecified atom stereocenters. The first kappa shape index (κ1) is 19.1. The molecule has 0 radical (unpaired) electrons. The number of hydrogen-bond acceptors (Lipinski definition) is 4. The number of amides is 4. The van der Waals surface area contributed by atoms with Crippen molar-refractivity contribution in [2.75, 3.05) is 19.7 Å². The molecule has 0 aliphatic carbocycles. The van der Waals surface area contributed by atoms with Crippen molar-refractivity contribution >= 4 is 17.8 Å². The fourth-order valence-electron chi connectivity index (χ4n) is 3.47. The molecule has 0 aromatic heterocycles. The summed E-state index contributed by atoms with van der Waals surface area (Å²) in [5, 5.41) is 4.76. The van der Waals surface area contributed by atoms with Crippen molar-refractivity contribution < 1.29 is 23.5 Å². The van der Waals surface area contributed by atoms with Crippen LogP contribution in [-0.2, 0) is 9.59 Å². The number of para-hydroxylation sites is 1. The number of likely N-dealkylation sites (tertiary alicyclic amines) is 1. The molecule has 7 nitrogen and oxygen atoms in total. The Kier molecular flexibility index (Phi) is 5.62. The number of nitrogens with one attached hydrogen (secondary N) is 2. The third-order valence-corrected chi connectivity index (χ3v) is 5.14. The average Bonchev–Trinajstić information content (AvgIpc) is 2.91. The molecular formula is C19H24FN3O4. The molecule has 8 heteroatoms. The van der Waals surface area contributed by atoms with Gasteiger partial charge in [0.1, 0.15) is 5.54 Å². The fraction of sp³-hybridized carbons (Fsp3) is 0.526. The van der Waals surface area contributed by atoms with E-state index >= 15 is 0 Å². The highest BCUT2D eigenvalue weighted by Crippen LogP contribution is 2.23. The SMILES string of the molecule is CC1(CCC(=O)N2CCCC(COc3ccccc3F)C2)NC(=O)NC1=O. The third-order valence-electron chi connectivity index (χ3n) is 5.14. The summed E-state index contributed by atoms with van der Waals surface area (Å²) in [5.41, 5.74) is -1.05. The number of rotatable bonds is 6. The molecule has 1 aromatic rings. The van der Waals surface area contributed by atoms with Gasteiger partial charge in [0.05, 0.1) is 6.61 Å². The van der Waals surface area contributed by atoms with Crippen molar-refractivity contribution in [3.63, 3.8) is 0 Å². The number of carbonyl (C=O) groups excluding carboxylic acids is 3. The summed E-state index contributed by atoms with van der Waals surface area (Å²) >= 11 is 0. The first-order chi connectivity index (χ1) is 12.9. The van der Waals surface area contributed by atoms with E-state index in [9.17, 15) is 18.8 Å². The second-order valence-electron chi connectivity index (χ2n) is 7.33. The minimum absolute atomic E-state index is 0.0548. The Hall–Kier alpha value is -2.64. The molecule has 0 bridgehead atoms. The zero-order valence-electron chi connectivity index (χ0n) is 15.3. The summed E-state index contributed by atoms with van der Waals surface area (Å²) in [6.07, 6.45) is 2.18. The Morgan fingerprint density at radius 1 is 1.37 bits per heavy atom. The highest BCUT2D eigenvalue weighted by molar-refractivity contribution is 6.06. The van der Waals surface area contributed by atoms with Gasteiger partial charge in [-0.05, 0) is 38.3 Å². The first-order valence-electron chi connectivity index (χ1n) is 9.16. The van der Waals surface area contributed by atoms with Crippen LogP contribution in [0.1, 0.15) is 32.6 Å². The maximum atomic E-state index is 13.6. The van der Waals surface area contributed by atoms with E-state index < -0.39 is 23.3 Å². The molecule has 2 aliphatic rings. The number of ether oxygens (including phenoxy) is 1. The predicted molar refractivity (Wildman–Crippen MR) is 95.5 cm³/mol. The van der Waals surface area contributed by atoms with Crippen LogP contribution in [0.4, 0.5) is 9.18 Å². The van der Waals surface area contributed by atoms with Crippen LogP contribution in [0, 0.1) is 11.7 Å². The highest BCUT2D eigenvalue weighted by Gasteiger charge is 2.42. The van der Waals surface area contributed by atoms with Gasteiger partial charge in [0, 0.05) is 25.4 Å². The van der Waals surface area contributed by atoms with Crippen molar-refractivity contribution in [1.82, 2.24) is 15.5 Å². The van der Waals surface area contributed by atoms with Crippen LogP contribution >= 0.6 is 0 Å². The normalized spacial score (nSPS) is 25.1. The van der Waals surface area contributed by atoms with Gasteiger partial charge in [-0.2, -0.15) is 0 Å². The predicted octanol–water partition coefficient (Wildman–Crippen LogP) is 1.82. The fourth-order valence-corrected chi connectivity index (χ4v) is 3.47. The van der Waals surface area contributed by atoms with Crippen LogP contribution in [0.5, 0.6) is 5.75 Å². The maximum absolute atomic E-state index is 13.6. The summed E-state index contributed by atoms with van der Waals surface area (Å²) in [4.78, 5) is 37.4. The van der Waals surface area contributed by atoms with Crippen LogP contribution in [0.3, 0.4) is 0 Å². The quantitative estimate of drug-likeness (QED) is 0.741. The number of imide groups is 1. The van der Waals surface area contributed by atoms with Gasteiger partial charge in [0.2, 0.25) is 5.91 Å². The Labute approximate surface area is 157 Å². The van der Waals surface area contributed by atoms with Gasteiger partial charge >= 0.3 is 6.03 Å². The number of halogens is 1. The number of nitrogens with zero attached hydrogens (tertiary/aromatic N) is 1. The maximum Gasteiger partial charge on any atom is 0.322 e.